The third-order valence-electron chi connectivity index (χ3n) is 3.78. The third kappa shape index (κ3) is 15.0. The molecule has 1 unspecified atom stereocenters. The lowest BCUT2D eigenvalue weighted by molar-refractivity contribution is -0.172. The normalized spacial score (nSPS) is 14.3. The second-order valence-corrected chi connectivity index (χ2v) is 9.70. The zero-order valence-corrected chi connectivity index (χ0v) is 19.0. The van der Waals surface area contributed by atoms with Crippen molar-refractivity contribution >= 4 is 5.97 Å². The van der Waals surface area contributed by atoms with Crippen LogP contribution in [-0.4, -0.2) is 57.5 Å². The Morgan fingerprint density at radius 1 is 0.852 bits per heavy atom. The number of hydrogen-bond acceptors (Lipinski definition) is 6. The highest BCUT2D eigenvalue weighted by molar-refractivity contribution is 5.76. The molecule has 0 fully saturated rings. The van der Waals surface area contributed by atoms with Crippen LogP contribution >= 0.6 is 0 Å². The van der Waals surface area contributed by atoms with E-state index in [0.29, 0.717) is 26.2 Å². The largest absolute Gasteiger partial charge is 0.457 e. The molecule has 0 bridgehead atoms. The molecule has 6 nitrogen and oxygen atoms in total. The fourth-order valence-electron chi connectivity index (χ4n) is 1.78. The summed E-state index contributed by atoms with van der Waals surface area (Å²) >= 11 is 0. The first-order chi connectivity index (χ1) is 12.3. The topological polar surface area (TPSA) is 63.2 Å². The molecular weight excluding hydrogens is 348 g/mol. The first kappa shape index (κ1) is 26.3. The van der Waals surface area contributed by atoms with E-state index >= 15 is 0 Å². The van der Waals surface area contributed by atoms with Gasteiger partial charge in [0, 0.05) is 0 Å². The van der Waals surface area contributed by atoms with Crippen molar-refractivity contribution in [2.24, 2.45) is 10.8 Å². The summed E-state index contributed by atoms with van der Waals surface area (Å²) in [5.41, 5.74) is -0.652. The Hall–Kier alpha value is -0.690. The molecule has 6 heteroatoms. The van der Waals surface area contributed by atoms with Gasteiger partial charge in [0.15, 0.2) is 0 Å². The van der Waals surface area contributed by atoms with Crippen LogP contribution in [0.5, 0.6) is 0 Å². The number of carbonyl (C=O) groups is 1. The minimum Gasteiger partial charge on any atom is -0.457 e. The van der Waals surface area contributed by atoms with Crippen molar-refractivity contribution in [2.75, 3.05) is 39.8 Å². The van der Waals surface area contributed by atoms with E-state index in [-0.39, 0.29) is 37.0 Å². The molecule has 0 aliphatic heterocycles. The standard InChI is InChI=1S/C21H42O6/c1-10-21(8,9)18(22)27-17(13-23-11-12-26-20(5,6)7)14-24-16-25-15-19(2,3)4/h17H,10-16H2,1-9H3. The van der Waals surface area contributed by atoms with Crippen LogP contribution < -0.4 is 0 Å². The van der Waals surface area contributed by atoms with E-state index in [2.05, 4.69) is 20.8 Å². The number of carbonyl (C=O) groups excluding carboxylic acids is 1. The second-order valence-electron chi connectivity index (χ2n) is 9.70. The molecule has 27 heavy (non-hydrogen) atoms. The molecule has 0 radical (unpaired) electrons. The van der Waals surface area contributed by atoms with E-state index in [1.807, 2.05) is 41.5 Å². The van der Waals surface area contributed by atoms with Crippen molar-refractivity contribution in [3.05, 3.63) is 0 Å². The van der Waals surface area contributed by atoms with Gasteiger partial charge in [0.2, 0.25) is 0 Å². The van der Waals surface area contributed by atoms with Crippen LogP contribution in [0, 0.1) is 10.8 Å². The lowest BCUT2D eigenvalue weighted by Crippen LogP contribution is -2.35. The Labute approximate surface area is 166 Å². The fourth-order valence-corrected chi connectivity index (χ4v) is 1.78. The molecule has 0 amide bonds. The minimum atomic E-state index is -0.531. The molecule has 0 spiro atoms. The highest BCUT2D eigenvalue weighted by Crippen LogP contribution is 2.22. The summed E-state index contributed by atoms with van der Waals surface area (Å²) in [5.74, 6) is -0.247. The molecule has 0 aliphatic carbocycles. The third-order valence-corrected chi connectivity index (χ3v) is 3.78. The Morgan fingerprint density at radius 2 is 1.44 bits per heavy atom. The maximum Gasteiger partial charge on any atom is 0.311 e. The molecule has 0 aromatic heterocycles. The Balaban J connectivity index is 4.38. The van der Waals surface area contributed by atoms with Crippen molar-refractivity contribution in [3.63, 3.8) is 0 Å². The Bertz CT molecular complexity index is 382. The van der Waals surface area contributed by atoms with Crippen LogP contribution in [0.15, 0.2) is 0 Å². The predicted octanol–water partition coefficient (Wildman–Crippen LogP) is 4.20. The lowest BCUT2D eigenvalue weighted by Gasteiger charge is -2.26. The van der Waals surface area contributed by atoms with Gasteiger partial charge in [-0.25, -0.2) is 0 Å². The van der Waals surface area contributed by atoms with Gasteiger partial charge in [-0.2, -0.15) is 0 Å². The first-order valence-electron chi connectivity index (χ1n) is 9.85. The maximum absolute atomic E-state index is 12.4. The monoisotopic (exact) mass is 390 g/mol. The SMILES string of the molecule is CCC(C)(C)C(=O)OC(COCCOC(C)(C)C)COCOCC(C)(C)C. The highest BCUT2D eigenvalue weighted by atomic mass is 16.7. The summed E-state index contributed by atoms with van der Waals surface area (Å²) in [6, 6.07) is 0. The first-order valence-corrected chi connectivity index (χ1v) is 9.85. The molecule has 0 heterocycles. The molecule has 0 aromatic rings. The summed E-state index contributed by atoms with van der Waals surface area (Å²) in [5, 5.41) is 0. The molecule has 0 saturated heterocycles. The molecule has 0 saturated carbocycles. The van der Waals surface area contributed by atoms with Crippen LogP contribution in [0.1, 0.15) is 68.7 Å². The predicted molar refractivity (Wildman–Crippen MR) is 107 cm³/mol. The van der Waals surface area contributed by atoms with Crippen LogP contribution in [0.2, 0.25) is 0 Å². The molecule has 0 rings (SSSR count). The van der Waals surface area contributed by atoms with Gasteiger partial charge >= 0.3 is 5.97 Å². The number of rotatable bonds is 13. The summed E-state index contributed by atoms with van der Waals surface area (Å²) in [6.07, 6.45) is 0.227. The molecule has 1 atom stereocenters. The van der Waals surface area contributed by atoms with Gasteiger partial charge in [0.05, 0.1) is 44.1 Å². The van der Waals surface area contributed by atoms with Crippen LogP contribution in [0.25, 0.3) is 0 Å². The van der Waals surface area contributed by atoms with Gasteiger partial charge in [-0.1, -0.05) is 27.7 Å². The molecule has 162 valence electrons. The maximum atomic E-state index is 12.4. The van der Waals surface area contributed by atoms with Crippen molar-refractivity contribution in [1.82, 2.24) is 0 Å². The summed E-state index contributed by atoms with van der Waals surface area (Å²) in [4.78, 5) is 12.4. The number of esters is 1. The summed E-state index contributed by atoms with van der Waals surface area (Å²) in [7, 11) is 0. The van der Waals surface area contributed by atoms with Gasteiger partial charge in [-0.05, 0) is 46.5 Å². The fraction of sp³-hybridized carbons (Fsp3) is 0.952. The van der Waals surface area contributed by atoms with Gasteiger partial charge in [0.1, 0.15) is 12.9 Å². The van der Waals surface area contributed by atoms with E-state index in [1.54, 1.807) is 0 Å². The van der Waals surface area contributed by atoms with Crippen molar-refractivity contribution in [1.29, 1.82) is 0 Å². The zero-order chi connectivity index (χ0) is 21.1. The summed E-state index contributed by atoms with van der Waals surface area (Å²) < 4.78 is 27.9. The van der Waals surface area contributed by atoms with Gasteiger partial charge in [-0.3, -0.25) is 4.79 Å². The van der Waals surface area contributed by atoms with Crippen LogP contribution in [0.3, 0.4) is 0 Å². The molecule has 0 aliphatic rings. The quantitative estimate of drug-likeness (QED) is 0.267. The minimum absolute atomic E-state index is 0.0799. The molecular formula is C21H42O6. The van der Waals surface area contributed by atoms with Crippen molar-refractivity contribution < 1.29 is 28.5 Å². The summed E-state index contributed by atoms with van der Waals surface area (Å²) in [6.45, 7) is 20.2. The van der Waals surface area contributed by atoms with E-state index in [9.17, 15) is 4.79 Å². The average molecular weight is 391 g/mol. The molecule has 0 N–H and O–H groups in total. The Kier molecular flexibility index (Phi) is 11.7. The highest BCUT2D eigenvalue weighted by Gasteiger charge is 2.29. The Morgan fingerprint density at radius 3 is 1.96 bits per heavy atom. The van der Waals surface area contributed by atoms with E-state index in [0.717, 1.165) is 0 Å². The van der Waals surface area contributed by atoms with Gasteiger partial charge in [-0.15, -0.1) is 0 Å². The van der Waals surface area contributed by atoms with Crippen LogP contribution in [-0.2, 0) is 28.5 Å². The van der Waals surface area contributed by atoms with Crippen LogP contribution in [0.4, 0.5) is 0 Å². The van der Waals surface area contributed by atoms with Gasteiger partial charge in [0.25, 0.3) is 0 Å². The number of hydrogen-bond donors (Lipinski definition) is 0. The van der Waals surface area contributed by atoms with Crippen molar-refractivity contribution in [2.45, 2.75) is 80.4 Å². The van der Waals surface area contributed by atoms with E-state index in [4.69, 9.17) is 23.7 Å². The van der Waals surface area contributed by atoms with E-state index < -0.39 is 11.5 Å². The lowest BCUT2D eigenvalue weighted by atomic mass is 9.90. The number of ether oxygens (including phenoxy) is 5. The van der Waals surface area contributed by atoms with E-state index in [1.165, 1.54) is 0 Å². The average Bonchev–Trinajstić information content (AvgIpc) is 2.51. The second kappa shape index (κ2) is 12.0. The van der Waals surface area contributed by atoms with Gasteiger partial charge < -0.3 is 23.7 Å². The smallest absolute Gasteiger partial charge is 0.311 e. The molecule has 0 aromatic carbocycles. The zero-order valence-electron chi connectivity index (χ0n) is 19.0. The van der Waals surface area contributed by atoms with Crippen molar-refractivity contribution in [3.8, 4) is 0 Å².